The molecule has 0 aliphatic carbocycles. The normalized spacial score (nSPS) is 19.2. The number of ether oxygens (including phenoxy) is 1. The molecule has 2 N–H and O–H groups in total. The summed E-state index contributed by atoms with van der Waals surface area (Å²) in [7, 11) is 0. The molecular weight excluding hydrogens is 399 g/mol. The van der Waals surface area contributed by atoms with Crippen LogP contribution in [-0.2, 0) is 0 Å². The summed E-state index contributed by atoms with van der Waals surface area (Å²) in [5.41, 5.74) is 0.0365. The largest absolute Gasteiger partial charge is 0.486 e. The number of pyridine rings is 1. The Hall–Kier alpha value is -3.02. The molecule has 1 aliphatic heterocycles. The van der Waals surface area contributed by atoms with Crippen LogP contribution in [0.15, 0.2) is 24.5 Å². The first kappa shape index (κ1) is 19.3. The lowest BCUT2D eigenvalue weighted by Gasteiger charge is -2.16. The molecule has 1 saturated heterocycles. The van der Waals surface area contributed by atoms with E-state index in [1.54, 1.807) is 0 Å². The zero-order chi connectivity index (χ0) is 20.5. The molecule has 3 aromatic heterocycles. The Morgan fingerprint density at radius 3 is 2.76 bits per heavy atom. The van der Waals surface area contributed by atoms with Gasteiger partial charge in [-0.3, -0.25) is 0 Å². The molecular formula is C17H15F5N6O. The third-order valence-corrected chi connectivity index (χ3v) is 4.35. The highest BCUT2D eigenvalue weighted by atomic mass is 19.3. The fourth-order valence-electron chi connectivity index (χ4n) is 2.97. The Balaban J connectivity index is 1.66. The van der Waals surface area contributed by atoms with E-state index in [4.69, 9.17) is 4.74 Å². The monoisotopic (exact) mass is 414 g/mol. The molecule has 154 valence electrons. The Bertz CT molecular complexity index is 1030. The summed E-state index contributed by atoms with van der Waals surface area (Å²) in [6.45, 7) is -0.409. The Morgan fingerprint density at radius 2 is 2.03 bits per heavy atom. The molecule has 29 heavy (non-hydrogen) atoms. The second kappa shape index (κ2) is 7.78. The summed E-state index contributed by atoms with van der Waals surface area (Å²) in [4.78, 5) is 7.99. The van der Waals surface area contributed by atoms with E-state index >= 15 is 0 Å². The van der Waals surface area contributed by atoms with Crippen molar-refractivity contribution in [2.24, 2.45) is 0 Å². The average Bonchev–Trinajstić information content (AvgIpc) is 3.28. The van der Waals surface area contributed by atoms with Crippen LogP contribution < -0.4 is 15.4 Å². The van der Waals surface area contributed by atoms with Crippen molar-refractivity contribution in [2.75, 3.05) is 25.0 Å². The molecule has 1 aliphatic rings. The Morgan fingerprint density at radius 1 is 1.21 bits per heavy atom. The molecule has 12 heteroatoms. The maximum atomic E-state index is 14.4. The number of aromatic nitrogens is 4. The number of nitrogens with zero attached hydrogens (tertiary/aromatic N) is 4. The second-order valence-corrected chi connectivity index (χ2v) is 6.38. The number of hydrogen-bond donors (Lipinski definition) is 2. The van der Waals surface area contributed by atoms with Crippen molar-refractivity contribution in [3.05, 3.63) is 36.2 Å². The first-order valence-corrected chi connectivity index (χ1v) is 8.65. The lowest BCUT2D eigenvalue weighted by Crippen LogP contribution is -2.30. The van der Waals surface area contributed by atoms with E-state index in [0.717, 1.165) is 0 Å². The van der Waals surface area contributed by atoms with Crippen LogP contribution >= 0.6 is 0 Å². The van der Waals surface area contributed by atoms with Gasteiger partial charge in [-0.2, -0.15) is 5.10 Å². The number of imidazole rings is 1. The summed E-state index contributed by atoms with van der Waals surface area (Å²) in [6.07, 6.45) is -1.47. The molecule has 0 spiro atoms. The summed E-state index contributed by atoms with van der Waals surface area (Å²) in [5, 5.41) is 9.46. The smallest absolute Gasteiger partial charge is 0.272 e. The number of halogens is 5. The average molecular weight is 414 g/mol. The molecule has 0 radical (unpaired) electrons. The van der Waals surface area contributed by atoms with Gasteiger partial charge >= 0.3 is 0 Å². The highest BCUT2D eigenvalue weighted by Gasteiger charge is 2.28. The van der Waals surface area contributed by atoms with Crippen LogP contribution in [0.25, 0.3) is 17.0 Å². The van der Waals surface area contributed by atoms with Crippen LogP contribution in [0.5, 0.6) is 5.75 Å². The zero-order valence-electron chi connectivity index (χ0n) is 14.7. The third-order valence-electron chi connectivity index (χ3n) is 4.35. The van der Waals surface area contributed by atoms with Crippen molar-refractivity contribution >= 4 is 11.5 Å². The maximum absolute atomic E-state index is 14.4. The number of anilines is 1. The highest BCUT2D eigenvalue weighted by molar-refractivity contribution is 5.62. The van der Waals surface area contributed by atoms with Crippen LogP contribution in [0.1, 0.15) is 0 Å². The summed E-state index contributed by atoms with van der Waals surface area (Å²) in [5.74, 6) is -2.16. The molecule has 0 saturated carbocycles. The predicted octanol–water partition coefficient (Wildman–Crippen LogP) is 2.44. The molecule has 2 atom stereocenters. The van der Waals surface area contributed by atoms with E-state index in [9.17, 15) is 22.0 Å². The predicted molar refractivity (Wildman–Crippen MR) is 92.8 cm³/mol. The number of nitrogens with one attached hydrogen (secondary N) is 2. The van der Waals surface area contributed by atoms with Gasteiger partial charge in [0, 0.05) is 25.2 Å². The summed E-state index contributed by atoms with van der Waals surface area (Å²) >= 11 is 0. The van der Waals surface area contributed by atoms with Gasteiger partial charge in [-0.25, -0.2) is 36.4 Å². The molecule has 1 unspecified atom stereocenters. The van der Waals surface area contributed by atoms with E-state index in [-0.39, 0.29) is 41.7 Å². The maximum Gasteiger partial charge on any atom is 0.272 e. The van der Waals surface area contributed by atoms with Crippen LogP contribution in [0.2, 0.25) is 0 Å². The van der Waals surface area contributed by atoms with E-state index in [2.05, 4.69) is 25.7 Å². The molecule has 4 rings (SSSR count). The first-order chi connectivity index (χ1) is 13.9. The fourth-order valence-corrected chi connectivity index (χ4v) is 2.97. The minimum atomic E-state index is -2.65. The van der Waals surface area contributed by atoms with Gasteiger partial charge in [0.25, 0.3) is 6.43 Å². The summed E-state index contributed by atoms with van der Waals surface area (Å²) < 4.78 is 72.9. The molecule has 0 aromatic carbocycles. The van der Waals surface area contributed by atoms with Gasteiger partial charge < -0.3 is 15.4 Å². The standard InChI is InChI=1S/C17H15F5N6O/c18-9-2-10(19)17(26-12-5-23-4-11(12)20)27-16(9)13-6-24-15-1-8(3-25-28(13)15)29-7-14(21)22/h1-3,6,11-12,14,23H,4-5,7H2,(H,26,27)/t11?,12-/m1/s1. The number of fused-ring (bicyclic) bond motifs is 1. The third kappa shape index (κ3) is 3.92. The van der Waals surface area contributed by atoms with Gasteiger partial charge in [0.15, 0.2) is 23.1 Å². The van der Waals surface area contributed by atoms with Crippen molar-refractivity contribution in [2.45, 2.75) is 18.6 Å². The van der Waals surface area contributed by atoms with E-state index in [0.29, 0.717) is 6.07 Å². The van der Waals surface area contributed by atoms with Gasteiger partial charge in [0.1, 0.15) is 29.9 Å². The second-order valence-electron chi connectivity index (χ2n) is 6.38. The fraction of sp³-hybridized carbons (Fsp3) is 0.353. The lowest BCUT2D eigenvalue weighted by molar-refractivity contribution is 0.0817. The Kier molecular flexibility index (Phi) is 5.18. The van der Waals surface area contributed by atoms with Gasteiger partial charge in [-0.05, 0) is 0 Å². The van der Waals surface area contributed by atoms with E-state index in [1.807, 2.05) is 0 Å². The molecule has 0 amide bonds. The van der Waals surface area contributed by atoms with Crippen LogP contribution in [-0.4, -0.2) is 57.9 Å². The van der Waals surface area contributed by atoms with Gasteiger partial charge in [0.05, 0.1) is 18.4 Å². The molecule has 7 nitrogen and oxygen atoms in total. The molecule has 3 aromatic rings. The molecule has 4 heterocycles. The van der Waals surface area contributed by atoms with Gasteiger partial charge in [0.2, 0.25) is 0 Å². The van der Waals surface area contributed by atoms with Crippen molar-refractivity contribution in [3.8, 4) is 17.1 Å². The highest BCUT2D eigenvalue weighted by Crippen LogP contribution is 2.27. The minimum absolute atomic E-state index is 0.0626. The molecule has 1 fully saturated rings. The Labute approximate surface area is 160 Å². The topological polar surface area (TPSA) is 76.4 Å². The summed E-state index contributed by atoms with van der Waals surface area (Å²) in [6, 6.07) is 1.28. The van der Waals surface area contributed by atoms with Crippen molar-refractivity contribution in [3.63, 3.8) is 0 Å². The van der Waals surface area contributed by atoms with Crippen LogP contribution in [0, 0.1) is 11.6 Å². The van der Waals surface area contributed by atoms with Crippen LogP contribution in [0.4, 0.5) is 27.8 Å². The quantitative estimate of drug-likeness (QED) is 0.604. The lowest BCUT2D eigenvalue weighted by atomic mass is 10.2. The van der Waals surface area contributed by atoms with Crippen molar-refractivity contribution < 1.29 is 26.7 Å². The van der Waals surface area contributed by atoms with E-state index in [1.165, 1.54) is 23.0 Å². The van der Waals surface area contributed by atoms with Crippen molar-refractivity contribution in [1.82, 2.24) is 24.9 Å². The minimum Gasteiger partial charge on any atom is -0.486 e. The number of rotatable bonds is 6. The number of hydrogen-bond acceptors (Lipinski definition) is 6. The van der Waals surface area contributed by atoms with Crippen LogP contribution in [0.3, 0.4) is 0 Å². The SMILES string of the molecule is Fc1cc(F)c(-c2cnc3cc(OCC(F)F)cnn23)nc1N[C@@H]1CNCC1F. The zero-order valence-corrected chi connectivity index (χ0v) is 14.7. The molecule has 0 bridgehead atoms. The number of alkyl halides is 3. The van der Waals surface area contributed by atoms with E-state index < -0.39 is 36.9 Å². The first-order valence-electron chi connectivity index (χ1n) is 8.65. The van der Waals surface area contributed by atoms with Crippen molar-refractivity contribution in [1.29, 1.82) is 0 Å². The van der Waals surface area contributed by atoms with Gasteiger partial charge in [-0.15, -0.1) is 0 Å². The van der Waals surface area contributed by atoms with Gasteiger partial charge in [-0.1, -0.05) is 0 Å².